The van der Waals surface area contributed by atoms with E-state index < -0.39 is 0 Å². The molecule has 0 radical (unpaired) electrons. The largest absolute Gasteiger partial charge is 0.352 e. The van der Waals surface area contributed by atoms with Gasteiger partial charge >= 0.3 is 0 Å². The van der Waals surface area contributed by atoms with Gasteiger partial charge in [0.1, 0.15) is 18.5 Å². The summed E-state index contributed by atoms with van der Waals surface area (Å²) in [5.41, 5.74) is 2.29. The Morgan fingerprint density at radius 1 is 1.12 bits per heavy atom. The predicted molar refractivity (Wildman–Crippen MR) is 98.9 cm³/mol. The zero-order valence-corrected chi connectivity index (χ0v) is 15.4. The molecule has 2 heterocycles. The van der Waals surface area contributed by atoms with E-state index in [9.17, 15) is 0 Å². The molecule has 1 aromatic carbocycles. The van der Waals surface area contributed by atoms with Crippen molar-refractivity contribution in [1.82, 2.24) is 24.7 Å². The zero-order chi connectivity index (χ0) is 17.9. The summed E-state index contributed by atoms with van der Waals surface area (Å²) in [6, 6.07) is 10.1. The Morgan fingerprint density at radius 2 is 1.88 bits per heavy atom. The Morgan fingerprint density at radius 3 is 2.48 bits per heavy atom. The molecule has 25 heavy (non-hydrogen) atoms. The number of anilines is 1. The van der Waals surface area contributed by atoms with E-state index in [2.05, 4.69) is 57.9 Å². The van der Waals surface area contributed by atoms with Gasteiger partial charge in [0, 0.05) is 19.3 Å². The van der Waals surface area contributed by atoms with Crippen molar-refractivity contribution >= 4 is 17.4 Å². The van der Waals surface area contributed by atoms with Crippen LogP contribution < -0.4 is 4.90 Å². The first kappa shape index (κ1) is 17.4. The number of hydrogen-bond donors (Lipinski definition) is 0. The fraction of sp³-hybridized carbons (Fsp3) is 0.333. The fourth-order valence-electron chi connectivity index (χ4n) is 2.61. The molecular formula is C18H21ClN6. The van der Waals surface area contributed by atoms with E-state index in [1.165, 1.54) is 11.9 Å². The van der Waals surface area contributed by atoms with Gasteiger partial charge in [-0.2, -0.15) is 5.10 Å². The van der Waals surface area contributed by atoms with Crippen molar-refractivity contribution in [3.63, 3.8) is 0 Å². The number of hydrogen-bond acceptors (Lipinski definition) is 5. The van der Waals surface area contributed by atoms with Gasteiger partial charge in [0.2, 0.25) is 5.28 Å². The van der Waals surface area contributed by atoms with Gasteiger partial charge in [0.15, 0.2) is 0 Å². The highest BCUT2D eigenvalue weighted by Gasteiger charge is 2.18. The molecule has 0 fully saturated rings. The quantitative estimate of drug-likeness (QED) is 0.651. The van der Waals surface area contributed by atoms with Crippen LogP contribution in [0.15, 0.2) is 49.2 Å². The second-order valence-electron chi connectivity index (χ2n) is 7.11. The molecule has 7 heteroatoms. The lowest BCUT2D eigenvalue weighted by Crippen LogP contribution is -2.33. The number of benzene rings is 1. The smallest absolute Gasteiger partial charge is 0.224 e. The minimum Gasteiger partial charge on any atom is -0.352 e. The molecule has 0 saturated heterocycles. The third-order valence-corrected chi connectivity index (χ3v) is 3.78. The second-order valence-corrected chi connectivity index (χ2v) is 7.45. The number of rotatable bonds is 5. The Labute approximate surface area is 152 Å². The molecule has 3 rings (SSSR count). The molecule has 0 saturated carbocycles. The van der Waals surface area contributed by atoms with Crippen LogP contribution in [0, 0.1) is 5.41 Å². The highest BCUT2D eigenvalue weighted by molar-refractivity contribution is 6.28. The van der Waals surface area contributed by atoms with Crippen LogP contribution in [0.2, 0.25) is 5.28 Å². The van der Waals surface area contributed by atoms with Crippen molar-refractivity contribution < 1.29 is 0 Å². The first-order valence-corrected chi connectivity index (χ1v) is 8.46. The molecule has 0 aliphatic carbocycles. The molecule has 0 atom stereocenters. The van der Waals surface area contributed by atoms with Crippen molar-refractivity contribution in [1.29, 1.82) is 0 Å². The molecule has 0 N–H and O–H groups in total. The second kappa shape index (κ2) is 7.19. The maximum atomic E-state index is 5.98. The van der Waals surface area contributed by atoms with Crippen LogP contribution in [0.5, 0.6) is 0 Å². The minimum atomic E-state index is 0.123. The third kappa shape index (κ3) is 4.76. The summed E-state index contributed by atoms with van der Waals surface area (Å²) in [6.07, 6.45) is 4.90. The van der Waals surface area contributed by atoms with Gasteiger partial charge < -0.3 is 4.90 Å². The summed E-state index contributed by atoms with van der Waals surface area (Å²) < 4.78 is 1.74. The van der Waals surface area contributed by atoms with Gasteiger partial charge in [-0.15, -0.1) is 0 Å². The van der Waals surface area contributed by atoms with Crippen molar-refractivity contribution in [2.45, 2.75) is 27.3 Å². The molecule has 2 aromatic heterocycles. The molecule has 0 amide bonds. The average Bonchev–Trinajstić information content (AvgIpc) is 3.08. The summed E-state index contributed by atoms with van der Waals surface area (Å²) in [4.78, 5) is 14.5. The van der Waals surface area contributed by atoms with E-state index in [4.69, 9.17) is 11.6 Å². The maximum absolute atomic E-state index is 5.98. The van der Waals surface area contributed by atoms with Gasteiger partial charge in [-0.25, -0.2) is 19.6 Å². The lowest BCUT2D eigenvalue weighted by atomic mass is 9.95. The van der Waals surface area contributed by atoms with E-state index in [-0.39, 0.29) is 10.7 Å². The van der Waals surface area contributed by atoms with Gasteiger partial charge in [-0.05, 0) is 40.8 Å². The van der Waals surface area contributed by atoms with Gasteiger partial charge in [0.05, 0.1) is 5.69 Å². The van der Waals surface area contributed by atoms with E-state index in [0.717, 1.165) is 24.6 Å². The Balaban J connectivity index is 1.82. The van der Waals surface area contributed by atoms with Crippen LogP contribution in [0.25, 0.3) is 5.69 Å². The SMILES string of the molecule is CC(C)(C)CN(Cc1ccc(-n2cncn2)cc1)c1ccnc(Cl)n1. The average molecular weight is 357 g/mol. The monoisotopic (exact) mass is 356 g/mol. The molecule has 3 aromatic rings. The fourth-order valence-corrected chi connectivity index (χ4v) is 2.75. The summed E-state index contributed by atoms with van der Waals surface area (Å²) in [7, 11) is 0. The molecule has 0 spiro atoms. The predicted octanol–water partition coefficient (Wildman–Crippen LogP) is 3.76. The van der Waals surface area contributed by atoms with E-state index >= 15 is 0 Å². The Bertz CT molecular complexity index is 808. The lowest BCUT2D eigenvalue weighted by Gasteiger charge is -2.31. The van der Waals surface area contributed by atoms with Gasteiger partial charge in [0.25, 0.3) is 0 Å². The normalized spacial score (nSPS) is 11.5. The Kier molecular flexibility index (Phi) is 4.99. The lowest BCUT2D eigenvalue weighted by molar-refractivity contribution is 0.407. The summed E-state index contributed by atoms with van der Waals surface area (Å²) in [5, 5.41) is 4.41. The topological polar surface area (TPSA) is 59.7 Å². The molecule has 0 unspecified atom stereocenters. The first-order chi connectivity index (χ1) is 11.9. The van der Waals surface area contributed by atoms with Crippen LogP contribution in [-0.2, 0) is 6.54 Å². The van der Waals surface area contributed by atoms with Crippen LogP contribution in [0.4, 0.5) is 5.82 Å². The van der Waals surface area contributed by atoms with Crippen LogP contribution >= 0.6 is 11.6 Å². The first-order valence-electron chi connectivity index (χ1n) is 8.08. The van der Waals surface area contributed by atoms with Crippen molar-refractivity contribution in [2.75, 3.05) is 11.4 Å². The van der Waals surface area contributed by atoms with Gasteiger partial charge in [-0.1, -0.05) is 32.9 Å². The van der Waals surface area contributed by atoms with Crippen LogP contribution in [-0.4, -0.2) is 31.3 Å². The van der Waals surface area contributed by atoms with E-state index in [1.54, 1.807) is 17.2 Å². The Hall–Kier alpha value is -2.47. The van der Waals surface area contributed by atoms with Crippen molar-refractivity contribution in [3.8, 4) is 5.69 Å². The van der Waals surface area contributed by atoms with E-state index in [1.807, 2.05) is 18.2 Å². The molecule has 130 valence electrons. The third-order valence-electron chi connectivity index (χ3n) is 3.59. The number of halogens is 1. The highest BCUT2D eigenvalue weighted by atomic mass is 35.5. The molecule has 0 aliphatic rings. The number of nitrogens with zero attached hydrogens (tertiary/aromatic N) is 6. The molecule has 0 bridgehead atoms. The molecule has 0 aliphatic heterocycles. The maximum Gasteiger partial charge on any atom is 0.224 e. The zero-order valence-electron chi connectivity index (χ0n) is 14.6. The highest BCUT2D eigenvalue weighted by Crippen LogP contribution is 2.23. The van der Waals surface area contributed by atoms with Crippen molar-refractivity contribution in [3.05, 3.63) is 60.0 Å². The van der Waals surface area contributed by atoms with E-state index in [0.29, 0.717) is 0 Å². The summed E-state index contributed by atoms with van der Waals surface area (Å²) >= 11 is 5.98. The summed E-state index contributed by atoms with van der Waals surface area (Å²) in [5.74, 6) is 0.829. The summed E-state index contributed by atoms with van der Waals surface area (Å²) in [6.45, 7) is 8.21. The van der Waals surface area contributed by atoms with Crippen LogP contribution in [0.3, 0.4) is 0 Å². The standard InChI is InChI=1S/C18H21ClN6/c1-18(2,3)11-24(16-8-9-21-17(19)23-16)10-14-4-6-15(7-5-14)25-13-20-12-22-25/h4-9,12-13H,10-11H2,1-3H3. The number of aromatic nitrogens is 5. The van der Waals surface area contributed by atoms with Crippen LogP contribution in [0.1, 0.15) is 26.3 Å². The van der Waals surface area contributed by atoms with Gasteiger partial charge in [-0.3, -0.25) is 0 Å². The molecular weight excluding hydrogens is 336 g/mol. The minimum absolute atomic E-state index is 0.123. The van der Waals surface area contributed by atoms with Crippen molar-refractivity contribution in [2.24, 2.45) is 5.41 Å². The molecule has 6 nitrogen and oxygen atoms in total.